The molecule has 5 rings (SSSR count). The molecular formula is C28H36FN3O2S. The molecular weight excluding hydrogens is 461 g/mol. The first kappa shape index (κ1) is 24.4. The third-order valence-electron chi connectivity index (χ3n) is 8.11. The smallest absolute Gasteiger partial charge is 0.236 e. The highest BCUT2D eigenvalue weighted by Crippen LogP contribution is 2.38. The third kappa shape index (κ3) is 5.46. The first-order valence-electron chi connectivity index (χ1n) is 13.1. The van der Waals surface area contributed by atoms with Crippen molar-refractivity contribution in [1.29, 1.82) is 0 Å². The molecule has 1 aromatic heterocycles. The van der Waals surface area contributed by atoms with E-state index >= 15 is 0 Å². The molecule has 2 fully saturated rings. The van der Waals surface area contributed by atoms with Crippen LogP contribution >= 0.6 is 11.3 Å². The molecule has 2 aromatic rings. The predicted octanol–water partition coefficient (Wildman–Crippen LogP) is 4.86. The molecule has 2 aliphatic heterocycles. The van der Waals surface area contributed by atoms with Gasteiger partial charge in [0.2, 0.25) is 11.8 Å². The summed E-state index contributed by atoms with van der Waals surface area (Å²) in [6, 6.07) is 8.79. The van der Waals surface area contributed by atoms with Crippen molar-refractivity contribution in [2.24, 2.45) is 5.92 Å². The molecule has 3 heterocycles. The summed E-state index contributed by atoms with van der Waals surface area (Å²) in [6.45, 7) is 4.91. The average Bonchev–Trinajstić information content (AvgIpc) is 3.54. The number of carbonyl (C=O) groups is 2. The van der Waals surface area contributed by atoms with E-state index in [1.54, 1.807) is 23.5 Å². The second-order valence-electron chi connectivity index (χ2n) is 10.4. The first-order valence-corrected chi connectivity index (χ1v) is 14.0. The van der Waals surface area contributed by atoms with E-state index in [1.165, 1.54) is 42.2 Å². The Hall–Kier alpha value is -2.25. The Balaban J connectivity index is 1.21. The van der Waals surface area contributed by atoms with Gasteiger partial charge in [-0.05, 0) is 60.4 Å². The minimum atomic E-state index is -0.251. The minimum Gasteiger partial charge on any atom is -0.338 e. The van der Waals surface area contributed by atoms with Crippen molar-refractivity contribution < 1.29 is 14.0 Å². The van der Waals surface area contributed by atoms with Gasteiger partial charge in [0.25, 0.3) is 0 Å². The lowest BCUT2D eigenvalue weighted by Gasteiger charge is -2.42. The van der Waals surface area contributed by atoms with Crippen LogP contribution in [0.15, 0.2) is 35.7 Å². The van der Waals surface area contributed by atoms with Crippen LogP contribution in [0.1, 0.15) is 67.5 Å². The third-order valence-corrected chi connectivity index (χ3v) is 9.11. The van der Waals surface area contributed by atoms with E-state index in [-0.39, 0.29) is 29.7 Å². The fraction of sp³-hybridized carbons (Fsp3) is 0.571. The fourth-order valence-electron chi connectivity index (χ4n) is 6.20. The normalized spacial score (nSPS) is 23.5. The van der Waals surface area contributed by atoms with Gasteiger partial charge < -0.3 is 9.80 Å². The molecule has 188 valence electrons. The topological polar surface area (TPSA) is 43.9 Å². The van der Waals surface area contributed by atoms with Gasteiger partial charge in [-0.1, -0.05) is 37.8 Å². The maximum absolute atomic E-state index is 14.1. The van der Waals surface area contributed by atoms with Gasteiger partial charge in [-0.3, -0.25) is 14.5 Å². The van der Waals surface area contributed by atoms with Crippen LogP contribution in [0, 0.1) is 11.7 Å². The lowest BCUT2D eigenvalue weighted by molar-refractivity contribution is -0.143. The zero-order chi connectivity index (χ0) is 24.4. The van der Waals surface area contributed by atoms with Crippen LogP contribution in [0.3, 0.4) is 0 Å². The van der Waals surface area contributed by atoms with Crippen molar-refractivity contribution in [2.45, 2.75) is 64.0 Å². The largest absolute Gasteiger partial charge is 0.338 e. The SMILES string of the molecule is CC1CN(C(=O)CN2CCc3sccc3C2c2cccc(F)c2)CCN1C(=O)CCC1CCCC1. The number of rotatable bonds is 6. The second-order valence-corrected chi connectivity index (χ2v) is 11.4. The highest BCUT2D eigenvalue weighted by Gasteiger charge is 2.34. The number of amides is 2. The molecule has 0 spiro atoms. The van der Waals surface area contributed by atoms with Crippen molar-refractivity contribution >= 4 is 23.2 Å². The Labute approximate surface area is 211 Å². The van der Waals surface area contributed by atoms with Crippen molar-refractivity contribution in [3.8, 4) is 0 Å². The van der Waals surface area contributed by atoms with E-state index in [9.17, 15) is 14.0 Å². The molecule has 2 unspecified atom stereocenters. The van der Waals surface area contributed by atoms with Crippen LogP contribution in [-0.2, 0) is 16.0 Å². The predicted molar refractivity (Wildman–Crippen MR) is 137 cm³/mol. The van der Waals surface area contributed by atoms with Gasteiger partial charge in [-0.15, -0.1) is 11.3 Å². The van der Waals surface area contributed by atoms with Crippen LogP contribution in [0.5, 0.6) is 0 Å². The summed E-state index contributed by atoms with van der Waals surface area (Å²) in [4.78, 5) is 33.7. The minimum absolute atomic E-state index is 0.0348. The van der Waals surface area contributed by atoms with Gasteiger partial charge >= 0.3 is 0 Å². The van der Waals surface area contributed by atoms with E-state index in [0.29, 0.717) is 32.6 Å². The number of carbonyl (C=O) groups excluding carboxylic acids is 2. The van der Waals surface area contributed by atoms with Gasteiger partial charge in [-0.25, -0.2) is 4.39 Å². The van der Waals surface area contributed by atoms with E-state index in [0.717, 1.165) is 30.9 Å². The second kappa shape index (κ2) is 10.8. The Bertz CT molecular complexity index is 1050. The number of hydrogen-bond donors (Lipinski definition) is 0. The number of nitrogens with zero attached hydrogens (tertiary/aromatic N) is 3. The van der Waals surface area contributed by atoms with E-state index in [2.05, 4.69) is 23.3 Å². The van der Waals surface area contributed by atoms with Crippen molar-refractivity contribution in [3.05, 3.63) is 57.5 Å². The molecule has 1 saturated heterocycles. The lowest BCUT2D eigenvalue weighted by atomic mass is 9.93. The van der Waals surface area contributed by atoms with Gasteiger partial charge in [0.1, 0.15) is 5.82 Å². The Morgan fingerprint density at radius 1 is 1.09 bits per heavy atom. The summed E-state index contributed by atoms with van der Waals surface area (Å²) >= 11 is 1.74. The van der Waals surface area contributed by atoms with Gasteiger partial charge in [0.15, 0.2) is 0 Å². The van der Waals surface area contributed by atoms with E-state index in [1.807, 2.05) is 15.9 Å². The molecule has 35 heavy (non-hydrogen) atoms. The zero-order valence-electron chi connectivity index (χ0n) is 20.6. The molecule has 2 amide bonds. The maximum atomic E-state index is 14.1. The molecule has 0 N–H and O–H groups in total. The van der Waals surface area contributed by atoms with Crippen LogP contribution in [0.25, 0.3) is 0 Å². The molecule has 0 radical (unpaired) electrons. The molecule has 3 aliphatic rings. The Morgan fingerprint density at radius 3 is 2.69 bits per heavy atom. The standard InChI is InChI=1S/C28H36FN3O2S/c1-20-18-30(14-15-32(20)26(33)10-9-21-5-2-3-6-21)27(34)19-31-13-11-25-24(12-16-35-25)28(31)22-7-4-8-23(29)17-22/h4,7-8,12,16-17,20-21,28H,2-3,5-6,9-11,13-15,18-19H2,1H3. The number of piperazine rings is 1. The van der Waals surface area contributed by atoms with Crippen molar-refractivity contribution in [2.75, 3.05) is 32.7 Å². The van der Waals surface area contributed by atoms with Gasteiger partial charge in [0, 0.05) is 43.5 Å². The summed E-state index contributed by atoms with van der Waals surface area (Å²) < 4.78 is 14.1. The number of fused-ring (bicyclic) bond motifs is 1. The lowest BCUT2D eigenvalue weighted by Crippen LogP contribution is -2.57. The zero-order valence-corrected chi connectivity index (χ0v) is 21.4. The van der Waals surface area contributed by atoms with Crippen LogP contribution in [0.2, 0.25) is 0 Å². The highest BCUT2D eigenvalue weighted by atomic mass is 32.1. The Morgan fingerprint density at radius 2 is 1.91 bits per heavy atom. The first-order chi connectivity index (χ1) is 17.0. The fourth-order valence-corrected chi connectivity index (χ4v) is 7.11. The van der Waals surface area contributed by atoms with Crippen molar-refractivity contribution in [3.63, 3.8) is 0 Å². The molecule has 1 aliphatic carbocycles. The molecule has 1 aromatic carbocycles. The Kier molecular flexibility index (Phi) is 7.54. The molecule has 7 heteroatoms. The van der Waals surface area contributed by atoms with Crippen molar-refractivity contribution in [1.82, 2.24) is 14.7 Å². The van der Waals surface area contributed by atoms with Gasteiger partial charge in [0.05, 0.1) is 12.6 Å². The summed E-state index contributed by atoms with van der Waals surface area (Å²) in [6.07, 6.45) is 7.70. The monoisotopic (exact) mass is 497 g/mol. The number of thiophene rings is 1. The molecule has 2 atom stereocenters. The molecule has 5 nitrogen and oxygen atoms in total. The average molecular weight is 498 g/mol. The highest BCUT2D eigenvalue weighted by molar-refractivity contribution is 7.10. The van der Waals surface area contributed by atoms with Crippen LogP contribution < -0.4 is 0 Å². The van der Waals surface area contributed by atoms with Crippen LogP contribution in [-0.4, -0.2) is 65.3 Å². The number of halogens is 1. The number of hydrogen-bond acceptors (Lipinski definition) is 4. The maximum Gasteiger partial charge on any atom is 0.236 e. The molecule has 1 saturated carbocycles. The number of benzene rings is 1. The van der Waals surface area contributed by atoms with E-state index < -0.39 is 0 Å². The summed E-state index contributed by atoms with van der Waals surface area (Å²) in [7, 11) is 0. The quantitative estimate of drug-likeness (QED) is 0.572. The van der Waals surface area contributed by atoms with Gasteiger partial charge in [-0.2, -0.15) is 0 Å². The molecule has 0 bridgehead atoms. The summed E-state index contributed by atoms with van der Waals surface area (Å²) in [5, 5.41) is 2.09. The van der Waals surface area contributed by atoms with E-state index in [4.69, 9.17) is 0 Å². The summed E-state index contributed by atoms with van der Waals surface area (Å²) in [5.74, 6) is 0.800. The summed E-state index contributed by atoms with van der Waals surface area (Å²) in [5.41, 5.74) is 2.08. The van der Waals surface area contributed by atoms with Crippen LogP contribution in [0.4, 0.5) is 4.39 Å².